The molecule has 0 spiro atoms. The van der Waals surface area contributed by atoms with Crippen molar-refractivity contribution in [3.05, 3.63) is 29.8 Å². The van der Waals surface area contributed by atoms with Crippen LogP contribution in [0.15, 0.2) is 24.3 Å². The Labute approximate surface area is 106 Å². The monoisotopic (exact) mass is 269 g/mol. The minimum absolute atomic E-state index is 0.0246. The molecule has 1 aromatic carbocycles. The van der Waals surface area contributed by atoms with E-state index in [1.165, 1.54) is 24.3 Å². The summed E-state index contributed by atoms with van der Waals surface area (Å²) in [7, 11) is -3.01. The SMILES string of the molecule is O=C(c1ccc(O)cc1)N1CCCS(=O)(=O)CC1. The lowest BCUT2D eigenvalue weighted by atomic mass is 10.2. The summed E-state index contributed by atoms with van der Waals surface area (Å²) in [4.78, 5) is 13.7. The highest BCUT2D eigenvalue weighted by Gasteiger charge is 2.23. The van der Waals surface area contributed by atoms with E-state index in [1.54, 1.807) is 4.90 Å². The summed E-state index contributed by atoms with van der Waals surface area (Å²) in [6, 6.07) is 5.97. The van der Waals surface area contributed by atoms with E-state index < -0.39 is 9.84 Å². The molecule has 5 nitrogen and oxygen atoms in total. The van der Waals surface area contributed by atoms with Gasteiger partial charge in [-0.05, 0) is 30.7 Å². The Balaban J connectivity index is 2.12. The summed E-state index contributed by atoms with van der Waals surface area (Å²) in [6.07, 6.45) is 0.478. The molecular formula is C12H15NO4S. The molecule has 1 aliphatic rings. The molecule has 1 aromatic rings. The first kappa shape index (κ1) is 12.9. The third kappa shape index (κ3) is 3.01. The van der Waals surface area contributed by atoms with Gasteiger partial charge in [0.1, 0.15) is 5.75 Å². The van der Waals surface area contributed by atoms with E-state index in [2.05, 4.69) is 0 Å². The molecule has 18 heavy (non-hydrogen) atoms. The van der Waals surface area contributed by atoms with E-state index in [-0.39, 0.29) is 29.7 Å². The maximum atomic E-state index is 12.1. The van der Waals surface area contributed by atoms with Crippen LogP contribution in [0.3, 0.4) is 0 Å². The number of phenols is 1. The number of nitrogens with zero attached hydrogens (tertiary/aromatic N) is 1. The van der Waals surface area contributed by atoms with Crippen molar-refractivity contribution in [3.8, 4) is 5.75 Å². The van der Waals surface area contributed by atoms with Gasteiger partial charge in [-0.3, -0.25) is 4.79 Å². The highest BCUT2D eigenvalue weighted by atomic mass is 32.2. The number of aromatic hydroxyl groups is 1. The molecule has 6 heteroatoms. The average Bonchev–Trinajstić information content (AvgIpc) is 2.50. The maximum Gasteiger partial charge on any atom is 0.253 e. The lowest BCUT2D eigenvalue weighted by Crippen LogP contribution is -2.33. The molecular weight excluding hydrogens is 254 g/mol. The van der Waals surface area contributed by atoms with E-state index in [0.29, 0.717) is 18.5 Å². The van der Waals surface area contributed by atoms with Crippen LogP contribution in [-0.4, -0.2) is 48.9 Å². The predicted molar refractivity (Wildman–Crippen MR) is 67.3 cm³/mol. The summed E-state index contributed by atoms with van der Waals surface area (Å²) in [5, 5.41) is 9.16. The number of benzene rings is 1. The first-order valence-electron chi connectivity index (χ1n) is 5.77. The Hall–Kier alpha value is -1.56. The fourth-order valence-corrected chi connectivity index (χ4v) is 3.20. The highest BCUT2D eigenvalue weighted by molar-refractivity contribution is 7.91. The molecule has 0 unspecified atom stereocenters. The fraction of sp³-hybridized carbons (Fsp3) is 0.417. The molecule has 1 N–H and O–H groups in total. The van der Waals surface area contributed by atoms with Crippen molar-refractivity contribution in [3.63, 3.8) is 0 Å². The van der Waals surface area contributed by atoms with Crippen molar-refractivity contribution < 1.29 is 18.3 Å². The third-order valence-electron chi connectivity index (χ3n) is 2.96. The number of carbonyl (C=O) groups excluding carboxylic acids is 1. The highest BCUT2D eigenvalue weighted by Crippen LogP contribution is 2.13. The number of rotatable bonds is 1. The minimum Gasteiger partial charge on any atom is -0.508 e. The van der Waals surface area contributed by atoms with Crippen LogP contribution in [0.4, 0.5) is 0 Å². The molecule has 0 aliphatic carbocycles. The topological polar surface area (TPSA) is 74.7 Å². The van der Waals surface area contributed by atoms with Gasteiger partial charge in [-0.1, -0.05) is 0 Å². The normalized spacial score (nSPS) is 19.2. The molecule has 0 atom stereocenters. The molecule has 0 aromatic heterocycles. The number of hydrogen-bond acceptors (Lipinski definition) is 4. The molecule has 0 bridgehead atoms. The Bertz CT molecular complexity index is 536. The van der Waals surface area contributed by atoms with Gasteiger partial charge < -0.3 is 10.0 Å². The van der Waals surface area contributed by atoms with Gasteiger partial charge in [-0.25, -0.2) is 8.42 Å². The average molecular weight is 269 g/mol. The molecule has 1 heterocycles. The minimum atomic E-state index is -3.01. The van der Waals surface area contributed by atoms with Gasteiger partial charge in [-0.15, -0.1) is 0 Å². The number of amides is 1. The second-order valence-electron chi connectivity index (χ2n) is 4.34. The van der Waals surface area contributed by atoms with Crippen molar-refractivity contribution >= 4 is 15.7 Å². The summed E-state index contributed by atoms with van der Waals surface area (Å²) >= 11 is 0. The van der Waals surface area contributed by atoms with Crippen molar-refractivity contribution in [2.24, 2.45) is 0 Å². The maximum absolute atomic E-state index is 12.1. The first-order chi connectivity index (χ1) is 8.48. The van der Waals surface area contributed by atoms with Gasteiger partial charge in [0, 0.05) is 18.7 Å². The predicted octanol–water partition coefficient (Wildman–Crippen LogP) is 0.653. The van der Waals surface area contributed by atoms with Gasteiger partial charge in [0.05, 0.1) is 11.5 Å². The molecule has 1 fully saturated rings. The van der Waals surface area contributed by atoms with E-state index in [1.807, 2.05) is 0 Å². The summed E-state index contributed by atoms with van der Waals surface area (Å²) in [5.74, 6) is 0.0838. The van der Waals surface area contributed by atoms with Crippen LogP contribution in [0, 0.1) is 0 Å². The molecule has 98 valence electrons. The van der Waals surface area contributed by atoms with Crippen molar-refractivity contribution in [2.75, 3.05) is 24.6 Å². The van der Waals surface area contributed by atoms with Crippen LogP contribution in [0.2, 0.25) is 0 Å². The number of phenolic OH excluding ortho intramolecular Hbond substituents is 1. The van der Waals surface area contributed by atoms with Crippen LogP contribution in [-0.2, 0) is 9.84 Å². The zero-order valence-corrected chi connectivity index (χ0v) is 10.7. The van der Waals surface area contributed by atoms with E-state index in [4.69, 9.17) is 5.11 Å². The Kier molecular flexibility index (Phi) is 3.56. The van der Waals surface area contributed by atoms with E-state index >= 15 is 0 Å². The molecule has 1 amide bonds. The molecule has 0 radical (unpaired) electrons. The second kappa shape index (κ2) is 4.97. The Morgan fingerprint density at radius 3 is 2.44 bits per heavy atom. The lowest BCUT2D eigenvalue weighted by Gasteiger charge is -2.19. The number of carbonyl (C=O) groups is 1. The van der Waals surface area contributed by atoms with Gasteiger partial charge >= 0.3 is 0 Å². The Morgan fingerprint density at radius 1 is 1.11 bits per heavy atom. The standard InChI is InChI=1S/C12H15NO4S/c14-11-4-2-10(3-5-11)12(15)13-6-1-8-18(16,17)9-7-13/h2-5,14H,1,6-9H2. The van der Waals surface area contributed by atoms with E-state index in [9.17, 15) is 13.2 Å². The quantitative estimate of drug-likeness (QED) is 0.812. The van der Waals surface area contributed by atoms with Crippen molar-refractivity contribution in [1.29, 1.82) is 0 Å². The van der Waals surface area contributed by atoms with Crippen LogP contribution in [0.1, 0.15) is 16.8 Å². The molecule has 2 rings (SSSR count). The van der Waals surface area contributed by atoms with Gasteiger partial charge in [0.2, 0.25) is 0 Å². The second-order valence-corrected chi connectivity index (χ2v) is 6.65. The molecule has 1 aliphatic heterocycles. The zero-order valence-electron chi connectivity index (χ0n) is 9.87. The summed E-state index contributed by atoms with van der Waals surface area (Å²) in [5.41, 5.74) is 0.465. The number of hydrogen-bond donors (Lipinski definition) is 1. The van der Waals surface area contributed by atoms with E-state index in [0.717, 1.165) is 0 Å². The molecule has 1 saturated heterocycles. The van der Waals surface area contributed by atoms with Crippen molar-refractivity contribution in [2.45, 2.75) is 6.42 Å². The zero-order chi connectivity index (χ0) is 13.2. The first-order valence-corrected chi connectivity index (χ1v) is 7.59. The largest absolute Gasteiger partial charge is 0.508 e. The Morgan fingerprint density at radius 2 is 1.78 bits per heavy atom. The smallest absolute Gasteiger partial charge is 0.253 e. The van der Waals surface area contributed by atoms with Crippen LogP contribution >= 0.6 is 0 Å². The van der Waals surface area contributed by atoms with Crippen LogP contribution in [0.25, 0.3) is 0 Å². The van der Waals surface area contributed by atoms with Crippen molar-refractivity contribution in [1.82, 2.24) is 4.90 Å². The summed E-state index contributed by atoms with van der Waals surface area (Å²) in [6.45, 7) is 0.695. The van der Waals surface area contributed by atoms with Crippen LogP contribution < -0.4 is 0 Å². The van der Waals surface area contributed by atoms with Gasteiger partial charge in [0.25, 0.3) is 5.91 Å². The number of sulfone groups is 1. The lowest BCUT2D eigenvalue weighted by molar-refractivity contribution is 0.0768. The van der Waals surface area contributed by atoms with Gasteiger partial charge in [0.15, 0.2) is 9.84 Å². The third-order valence-corrected chi connectivity index (χ3v) is 4.67. The molecule has 0 saturated carbocycles. The van der Waals surface area contributed by atoms with Gasteiger partial charge in [-0.2, -0.15) is 0 Å². The van der Waals surface area contributed by atoms with Crippen LogP contribution in [0.5, 0.6) is 5.75 Å². The summed E-state index contributed by atoms with van der Waals surface area (Å²) < 4.78 is 22.9. The fourth-order valence-electron chi connectivity index (χ4n) is 1.93.